The highest BCUT2D eigenvalue weighted by Crippen LogP contribution is 2.38. The van der Waals surface area contributed by atoms with E-state index in [1.54, 1.807) is 0 Å². The summed E-state index contributed by atoms with van der Waals surface area (Å²) < 4.78 is 23.3. The molecule has 0 saturated heterocycles. The molecular formula is C47H97N2O6P. The molecule has 9 heteroatoms. The first kappa shape index (κ1) is 55.5. The van der Waals surface area contributed by atoms with Gasteiger partial charge in [-0.15, -0.1) is 0 Å². The van der Waals surface area contributed by atoms with Gasteiger partial charge < -0.3 is 28.8 Å². The van der Waals surface area contributed by atoms with E-state index in [4.69, 9.17) is 9.05 Å². The Bertz CT molecular complexity index is 885. The van der Waals surface area contributed by atoms with Gasteiger partial charge in [-0.3, -0.25) is 9.36 Å². The summed E-state index contributed by atoms with van der Waals surface area (Å²) in [7, 11) is 1.32. The van der Waals surface area contributed by atoms with Crippen molar-refractivity contribution in [2.45, 2.75) is 257 Å². The van der Waals surface area contributed by atoms with Crippen LogP contribution in [-0.2, 0) is 18.4 Å². The maximum atomic E-state index is 12.9. The predicted octanol–water partition coefficient (Wildman–Crippen LogP) is 13.1. The van der Waals surface area contributed by atoms with E-state index in [0.717, 1.165) is 38.5 Å². The van der Waals surface area contributed by atoms with Gasteiger partial charge in [0.1, 0.15) is 13.2 Å². The molecule has 0 aromatic rings. The Morgan fingerprint density at radius 1 is 0.554 bits per heavy atom. The van der Waals surface area contributed by atoms with Gasteiger partial charge in [0.15, 0.2) is 0 Å². The average molecular weight is 817 g/mol. The van der Waals surface area contributed by atoms with Crippen LogP contribution in [0.2, 0.25) is 0 Å². The summed E-state index contributed by atoms with van der Waals surface area (Å²) in [5, 5.41) is 13.9. The van der Waals surface area contributed by atoms with Gasteiger partial charge >= 0.3 is 0 Å². The van der Waals surface area contributed by atoms with Crippen LogP contribution in [0, 0.1) is 0 Å². The van der Waals surface area contributed by atoms with Crippen LogP contribution >= 0.6 is 7.82 Å². The van der Waals surface area contributed by atoms with Gasteiger partial charge in [-0.1, -0.05) is 226 Å². The van der Waals surface area contributed by atoms with Crippen molar-refractivity contribution in [2.24, 2.45) is 0 Å². The highest BCUT2D eigenvalue weighted by molar-refractivity contribution is 7.45. The second kappa shape index (κ2) is 39.9. The monoisotopic (exact) mass is 817 g/mol. The standard InChI is InChI=1S/C47H97N2O6P/c1-6-8-10-12-14-16-18-20-21-22-23-24-25-26-27-29-31-33-35-37-39-41-47(51)48-45(44-55-56(52,53)54-43-42-49(3,4)5)46(50)40-38-36-34-32-30-28-19-17-15-13-11-9-7-2/h45-46,50H,6-44H2,1-5H3,(H-,48,51,52,53). The number of rotatable bonds is 45. The van der Waals surface area contributed by atoms with E-state index in [1.165, 1.54) is 180 Å². The van der Waals surface area contributed by atoms with Crippen molar-refractivity contribution in [3.8, 4) is 0 Å². The van der Waals surface area contributed by atoms with Gasteiger partial charge in [0.2, 0.25) is 5.91 Å². The van der Waals surface area contributed by atoms with Gasteiger partial charge in [-0.25, -0.2) is 0 Å². The summed E-state index contributed by atoms with van der Waals surface area (Å²) in [5.41, 5.74) is 0. The molecule has 0 bridgehead atoms. The first-order valence-electron chi connectivity index (χ1n) is 24.4. The number of aliphatic hydroxyl groups is 1. The van der Waals surface area contributed by atoms with Gasteiger partial charge in [0.05, 0.1) is 39.9 Å². The van der Waals surface area contributed by atoms with Crippen molar-refractivity contribution in [3.05, 3.63) is 0 Å². The molecule has 0 heterocycles. The number of unbranched alkanes of at least 4 members (excludes halogenated alkanes) is 32. The topological polar surface area (TPSA) is 108 Å². The zero-order chi connectivity index (χ0) is 41.4. The molecule has 0 aromatic heterocycles. The Hall–Kier alpha value is -0.500. The van der Waals surface area contributed by atoms with E-state index in [-0.39, 0.29) is 19.1 Å². The Morgan fingerprint density at radius 3 is 1.21 bits per heavy atom. The summed E-state index contributed by atoms with van der Waals surface area (Å²) in [4.78, 5) is 25.4. The van der Waals surface area contributed by atoms with Crippen molar-refractivity contribution < 1.29 is 32.9 Å². The molecule has 56 heavy (non-hydrogen) atoms. The molecule has 0 spiro atoms. The molecule has 0 aliphatic carbocycles. The molecule has 0 aliphatic heterocycles. The fourth-order valence-corrected chi connectivity index (χ4v) is 8.18. The lowest BCUT2D eigenvalue weighted by atomic mass is 10.0. The third kappa shape index (κ3) is 41.7. The predicted molar refractivity (Wildman–Crippen MR) is 238 cm³/mol. The average Bonchev–Trinajstić information content (AvgIpc) is 3.15. The number of nitrogens with zero attached hydrogens (tertiary/aromatic N) is 1. The largest absolute Gasteiger partial charge is 0.756 e. The number of carbonyl (C=O) groups excluding carboxylic acids is 1. The van der Waals surface area contributed by atoms with E-state index in [9.17, 15) is 19.4 Å². The molecule has 2 N–H and O–H groups in total. The highest BCUT2D eigenvalue weighted by Gasteiger charge is 2.24. The van der Waals surface area contributed by atoms with Crippen LogP contribution in [0.3, 0.4) is 0 Å². The number of hydrogen-bond acceptors (Lipinski definition) is 6. The minimum absolute atomic E-state index is 0.0162. The lowest BCUT2D eigenvalue weighted by molar-refractivity contribution is -0.870. The molecule has 0 fully saturated rings. The van der Waals surface area contributed by atoms with Crippen LogP contribution in [0.1, 0.15) is 245 Å². The maximum Gasteiger partial charge on any atom is 0.268 e. The fourth-order valence-electron chi connectivity index (χ4n) is 7.45. The number of amides is 1. The minimum atomic E-state index is -4.56. The molecule has 0 rings (SSSR count). The van der Waals surface area contributed by atoms with E-state index < -0.39 is 20.0 Å². The number of nitrogens with one attached hydrogen (secondary N) is 1. The van der Waals surface area contributed by atoms with Crippen molar-refractivity contribution >= 4 is 13.7 Å². The number of hydrogen-bond donors (Lipinski definition) is 2. The van der Waals surface area contributed by atoms with E-state index in [2.05, 4.69) is 19.2 Å². The molecule has 0 aliphatic rings. The minimum Gasteiger partial charge on any atom is -0.756 e. The number of phosphoric ester groups is 1. The second-order valence-electron chi connectivity index (χ2n) is 18.2. The van der Waals surface area contributed by atoms with Crippen LogP contribution in [0.15, 0.2) is 0 Å². The molecule has 0 radical (unpaired) electrons. The van der Waals surface area contributed by atoms with E-state index >= 15 is 0 Å². The number of likely N-dealkylation sites (N-methyl/N-ethyl adjacent to an activating group) is 1. The summed E-state index contributed by atoms with van der Waals surface area (Å²) in [6.07, 6.45) is 43.9. The fraction of sp³-hybridized carbons (Fsp3) is 0.979. The first-order chi connectivity index (χ1) is 27.0. The first-order valence-corrected chi connectivity index (χ1v) is 25.8. The SMILES string of the molecule is CCCCCCCCCCCCCCCCCCCCCCCC(=O)NC(COP(=O)([O-])OCC[N+](C)(C)C)C(O)CCCCCCCCCCCCCCC. The molecular weight excluding hydrogens is 719 g/mol. The van der Waals surface area contributed by atoms with Crippen LogP contribution in [0.5, 0.6) is 0 Å². The quantitative estimate of drug-likeness (QED) is 0.0360. The van der Waals surface area contributed by atoms with Crippen molar-refractivity contribution in [1.29, 1.82) is 0 Å². The van der Waals surface area contributed by atoms with E-state index in [0.29, 0.717) is 23.9 Å². The third-order valence-electron chi connectivity index (χ3n) is 11.3. The van der Waals surface area contributed by atoms with Crippen LogP contribution < -0.4 is 10.2 Å². The smallest absolute Gasteiger partial charge is 0.268 e. The second-order valence-corrected chi connectivity index (χ2v) is 19.6. The molecule has 1 amide bonds. The highest BCUT2D eigenvalue weighted by atomic mass is 31.2. The molecule has 336 valence electrons. The molecule has 3 atom stereocenters. The summed E-state index contributed by atoms with van der Waals surface area (Å²) in [6.45, 7) is 4.75. The third-order valence-corrected chi connectivity index (χ3v) is 12.3. The lowest BCUT2D eigenvalue weighted by Crippen LogP contribution is -2.46. The number of aliphatic hydroxyl groups excluding tert-OH is 1. The van der Waals surface area contributed by atoms with Crippen LogP contribution in [0.25, 0.3) is 0 Å². The zero-order valence-corrected chi connectivity index (χ0v) is 39.0. The van der Waals surface area contributed by atoms with Crippen molar-refractivity contribution in [1.82, 2.24) is 5.32 Å². The number of phosphoric acid groups is 1. The van der Waals surface area contributed by atoms with Crippen LogP contribution in [-0.4, -0.2) is 68.5 Å². The van der Waals surface area contributed by atoms with Gasteiger partial charge in [0, 0.05) is 6.42 Å². The summed E-state index contributed by atoms with van der Waals surface area (Å²) in [6, 6.07) is -0.793. The van der Waals surface area contributed by atoms with Gasteiger partial charge in [-0.05, 0) is 12.8 Å². The molecule has 8 nitrogen and oxygen atoms in total. The van der Waals surface area contributed by atoms with Crippen LogP contribution in [0.4, 0.5) is 0 Å². The molecule has 0 saturated carbocycles. The van der Waals surface area contributed by atoms with Gasteiger partial charge in [0.25, 0.3) is 7.82 Å². The Labute approximate surface area is 349 Å². The lowest BCUT2D eigenvalue weighted by Gasteiger charge is -2.30. The normalized spacial score (nSPS) is 14.2. The Morgan fingerprint density at radius 2 is 0.875 bits per heavy atom. The number of quaternary nitrogens is 1. The maximum absolute atomic E-state index is 12.9. The Kier molecular flexibility index (Phi) is 39.6. The van der Waals surface area contributed by atoms with E-state index in [1.807, 2.05) is 21.1 Å². The summed E-state index contributed by atoms with van der Waals surface area (Å²) >= 11 is 0. The zero-order valence-electron chi connectivity index (χ0n) is 38.1. The van der Waals surface area contributed by atoms with Crippen molar-refractivity contribution in [2.75, 3.05) is 40.9 Å². The van der Waals surface area contributed by atoms with Gasteiger partial charge in [-0.2, -0.15) is 0 Å². The molecule has 0 aromatic carbocycles. The molecule has 3 unspecified atom stereocenters. The Balaban J connectivity index is 4.20. The number of carbonyl (C=O) groups is 1. The summed E-state index contributed by atoms with van der Waals surface area (Å²) in [5.74, 6) is -0.160. The van der Waals surface area contributed by atoms with Crippen molar-refractivity contribution in [3.63, 3.8) is 0 Å².